The Morgan fingerprint density at radius 1 is 1.07 bits per heavy atom. The Hall–Kier alpha value is -0.520. The Morgan fingerprint density at radius 2 is 1.82 bits per heavy atom. The molecule has 4 unspecified atom stereocenters. The van der Waals surface area contributed by atoms with Crippen molar-refractivity contribution in [1.82, 2.24) is 0 Å². The molecule has 0 amide bonds. The van der Waals surface area contributed by atoms with Crippen LogP contribution in [0.5, 0.6) is 0 Å². The first-order chi connectivity index (χ1) is 13.3. The van der Waals surface area contributed by atoms with Crippen molar-refractivity contribution < 1.29 is 0 Å². The van der Waals surface area contributed by atoms with Crippen molar-refractivity contribution in [2.45, 2.75) is 119 Å². The predicted octanol–water partition coefficient (Wildman–Crippen LogP) is 9.36. The van der Waals surface area contributed by atoms with Crippen molar-refractivity contribution in [2.24, 2.45) is 35.0 Å². The Morgan fingerprint density at radius 3 is 2.46 bits per heavy atom. The minimum Gasteiger partial charge on any atom is -0.0700 e. The van der Waals surface area contributed by atoms with Gasteiger partial charge in [-0.25, -0.2) is 0 Å². The molecule has 162 valence electrons. The van der Waals surface area contributed by atoms with E-state index in [1.807, 2.05) is 0 Å². The van der Waals surface area contributed by atoms with Crippen LogP contribution in [0.15, 0.2) is 23.3 Å². The lowest BCUT2D eigenvalue weighted by Crippen LogP contribution is -2.36. The van der Waals surface area contributed by atoms with Gasteiger partial charge in [-0.15, -0.1) is 0 Å². The average molecular weight is 387 g/mol. The second kappa shape index (κ2) is 11.0. The molecule has 0 radical (unpaired) electrons. The molecule has 28 heavy (non-hydrogen) atoms. The quantitative estimate of drug-likeness (QED) is 0.351. The maximum absolute atomic E-state index is 2.66. The molecule has 0 bridgehead atoms. The van der Waals surface area contributed by atoms with Gasteiger partial charge in [0.05, 0.1) is 0 Å². The summed E-state index contributed by atoms with van der Waals surface area (Å²) in [4.78, 5) is 0. The normalized spacial score (nSPS) is 31.0. The fourth-order valence-electron chi connectivity index (χ4n) is 6.59. The van der Waals surface area contributed by atoms with Crippen molar-refractivity contribution in [3.8, 4) is 0 Å². The van der Waals surface area contributed by atoms with Crippen LogP contribution in [-0.2, 0) is 0 Å². The van der Waals surface area contributed by atoms with Gasteiger partial charge in [-0.05, 0) is 80.0 Å². The summed E-state index contributed by atoms with van der Waals surface area (Å²) in [5.41, 5.74) is 4.04. The van der Waals surface area contributed by atoms with Crippen LogP contribution in [0, 0.1) is 35.0 Å². The van der Waals surface area contributed by atoms with Crippen LogP contribution in [0.3, 0.4) is 0 Å². The van der Waals surface area contributed by atoms with E-state index in [0.717, 1.165) is 29.6 Å². The first-order valence-electron chi connectivity index (χ1n) is 12.7. The SMILES string of the molecule is CCC/C(=C/C=C1\CCCC2(C)C1CCC2C(C)CCCC(C)C)CC(C)C. The number of rotatable bonds is 10. The lowest BCUT2D eigenvalue weighted by molar-refractivity contribution is 0.0929. The molecule has 0 heteroatoms. The van der Waals surface area contributed by atoms with Crippen LogP contribution < -0.4 is 0 Å². The average Bonchev–Trinajstić information content (AvgIpc) is 2.96. The highest BCUT2D eigenvalue weighted by Crippen LogP contribution is 2.59. The van der Waals surface area contributed by atoms with Crippen molar-refractivity contribution in [3.63, 3.8) is 0 Å². The summed E-state index contributed by atoms with van der Waals surface area (Å²) in [5, 5.41) is 0. The smallest absolute Gasteiger partial charge is 0.0143 e. The summed E-state index contributed by atoms with van der Waals surface area (Å²) in [6.07, 6.45) is 20.4. The molecular formula is C28H50. The van der Waals surface area contributed by atoms with Crippen molar-refractivity contribution in [2.75, 3.05) is 0 Å². The third-order valence-electron chi connectivity index (χ3n) is 7.94. The Balaban J connectivity index is 2.09. The molecule has 2 saturated carbocycles. The van der Waals surface area contributed by atoms with Gasteiger partial charge in [0.2, 0.25) is 0 Å². The Labute approximate surface area is 177 Å². The number of hydrogen-bond acceptors (Lipinski definition) is 0. The second-order valence-electron chi connectivity index (χ2n) is 11.3. The maximum atomic E-state index is 2.66. The van der Waals surface area contributed by atoms with Gasteiger partial charge in [-0.2, -0.15) is 0 Å². The van der Waals surface area contributed by atoms with Gasteiger partial charge >= 0.3 is 0 Å². The largest absolute Gasteiger partial charge is 0.0700 e. The van der Waals surface area contributed by atoms with Crippen molar-refractivity contribution in [3.05, 3.63) is 23.3 Å². The molecule has 0 heterocycles. The first-order valence-corrected chi connectivity index (χ1v) is 12.7. The van der Waals surface area contributed by atoms with Gasteiger partial charge in [-0.3, -0.25) is 0 Å². The lowest BCUT2D eigenvalue weighted by Gasteiger charge is -2.44. The molecule has 0 spiro atoms. The van der Waals surface area contributed by atoms with E-state index in [1.54, 1.807) is 11.1 Å². The highest BCUT2D eigenvalue weighted by atomic mass is 14.5. The molecule has 2 aliphatic carbocycles. The molecule has 2 fully saturated rings. The zero-order valence-electron chi connectivity index (χ0n) is 20.3. The molecule has 0 N–H and O–H groups in total. The minimum atomic E-state index is 0.568. The zero-order valence-corrected chi connectivity index (χ0v) is 20.3. The molecule has 0 aromatic rings. The fourth-order valence-corrected chi connectivity index (χ4v) is 6.59. The van der Waals surface area contributed by atoms with Crippen molar-refractivity contribution >= 4 is 0 Å². The Bertz CT molecular complexity index is 520. The molecule has 0 aromatic carbocycles. The van der Waals surface area contributed by atoms with Gasteiger partial charge in [-0.1, -0.05) is 97.4 Å². The zero-order chi connectivity index (χ0) is 20.7. The number of allylic oxidation sites excluding steroid dienone is 4. The van der Waals surface area contributed by atoms with E-state index in [4.69, 9.17) is 0 Å². The third kappa shape index (κ3) is 6.24. The van der Waals surface area contributed by atoms with E-state index in [-0.39, 0.29) is 0 Å². The lowest BCUT2D eigenvalue weighted by atomic mass is 9.60. The summed E-state index contributed by atoms with van der Waals surface area (Å²) in [6, 6.07) is 0. The Kier molecular flexibility index (Phi) is 9.36. The maximum Gasteiger partial charge on any atom is -0.0143 e. The molecule has 0 saturated heterocycles. The molecule has 0 nitrogen and oxygen atoms in total. The van der Waals surface area contributed by atoms with E-state index in [2.05, 4.69) is 60.6 Å². The first kappa shape index (κ1) is 23.8. The number of fused-ring (bicyclic) bond motifs is 1. The third-order valence-corrected chi connectivity index (χ3v) is 7.94. The summed E-state index contributed by atoms with van der Waals surface area (Å²) in [6.45, 7) is 17.0. The monoisotopic (exact) mass is 386 g/mol. The standard InChI is InChI=1S/C28H50/c1-8-11-24(20-22(4)5)15-16-25-14-10-19-28(7)26(17-18-27(25)28)23(6)13-9-12-21(2)3/h15-16,21-23,26-27H,8-14,17-20H2,1-7H3/b24-15-,25-16+. The molecule has 2 aliphatic rings. The summed E-state index contributed by atoms with van der Waals surface area (Å²) in [7, 11) is 0. The summed E-state index contributed by atoms with van der Waals surface area (Å²) < 4.78 is 0. The highest BCUT2D eigenvalue weighted by molar-refractivity contribution is 5.25. The van der Waals surface area contributed by atoms with Crippen LogP contribution in [0.2, 0.25) is 0 Å². The van der Waals surface area contributed by atoms with E-state index < -0.39 is 0 Å². The van der Waals surface area contributed by atoms with Crippen LogP contribution in [0.1, 0.15) is 119 Å². The highest BCUT2D eigenvalue weighted by Gasteiger charge is 2.50. The van der Waals surface area contributed by atoms with Gasteiger partial charge in [0, 0.05) is 0 Å². The minimum absolute atomic E-state index is 0.568. The van der Waals surface area contributed by atoms with Gasteiger partial charge in [0.25, 0.3) is 0 Å². The van der Waals surface area contributed by atoms with Gasteiger partial charge in [0.1, 0.15) is 0 Å². The van der Waals surface area contributed by atoms with E-state index >= 15 is 0 Å². The van der Waals surface area contributed by atoms with Crippen LogP contribution in [0.4, 0.5) is 0 Å². The number of hydrogen-bond donors (Lipinski definition) is 0. The summed E-state index contributed by atoms with van der Waals surface area (Å²) in [5.74, 6) is 4.34. The van der Waals surface area contributed by atoms with Crippen LogP contribution >= 0.6 is 0 Å². The van der Waals surface area contributed by atoms with Crippen LogP contribution in [-0.4, -0.2) is 0 Å². The van der Waals surface area contributed by atoms with E-state index in [1.165, 1.54) is 70.6 Å². The second-order valence-corrected chi connectivity index (χ2v) is 11.3. The molecular weight excluding hydrogens is 336 g/mol. The van der Waals surface area contributed by atoms with Crippen molar-refractivity contribution in [1.29, 1.82) is 0 Å². The predicted molar refractivity (Wildman–Crippen MR) is 127 cm³/mol. The topological polar surface area (TPSA) is 0 Å². The molecule has 2 rings (SSSR count). The van der Waals surface area contributed by atoms with E-state index in [0.29, 0.717) is 5.41 Å². The molecule has 0 aromatic heterocycles. The van der Waals surface area contributed by atoms with E-state index in [9.17, 15) is 0 Å². The van der Waals surface area contributed by atoms with Crippen LogP contribution in [0.25, 0.3) is 0 Å². The summed E-state index contributed by atoms with van der Waals surface area (Å²) >= 11 is 0. The fraction of sp³-hybridized carbons (Fsp3) is 0.857. The molecule has 0 aliphatic heterocycles. The molecule has 4 atom stereocenters. The van der Waals surface area contributed by atoms with Gasteiger partial charge < -0.3 is 0 Å². The van der Waals surface area contributed by atoms with Gasteiger partial charge in [0.15, 0.2) is 0 Å².